The minimum atomic E-state index is -4.90. The highest BCUT2D eigenvalue weighted by atomic mass is 32.3. The van der Waals surface area contributed by atoms with Crippen LogP contribution in [-0.4, -0.2) is 80.9 Å². The largest absolute Gasteiger partial charge is 0.716 e. The molecular weight excluding hydrogens is 885 g/mol. The number of ether oxygens (including phenoxy) is 1. The standard InChI is InChI=1S/C24H24N2O4.C21H20N2O10S2/c1-16(18-6-9-22(28)10-7-18)25-12-3-13-26-24(29)21-5-4-20-15-23(30-17(2)27)11-8-19(20)14-21;24-20(14-4-7-18(8-5-14)32-34(26,27)28)22-10-1-11-23-21(25)17-3-2-16-13-19(33-35(29,30)31)9-6-15(16)12-17/h4-11,14-15,25,28H,1,3,12-13H2,2H3,(H,26,29);2-9,12-13H,1,10-11H2,(H,22,24)(H,23,25)(H,26,27,28)(H,29,30,31)/p-2. The number of carbonyl (C=O) groups is 4. The van der Waals surface area contributed by atoms with Gasteiger partial charge in [-0.25, -0.2) is 16.8 Å². The molecule has 0 atom stereocenters. The molecule has 0 heterocycles. The molecule has 0 saturated carbocycles. The lowest BCUT2D eigenvalue weighted by atomic mass is 10.1. The first-order chi connectivity index (χ1) is 30.8. The molecule has 20 heteroatoms. The molecule has 0 bridgehead atoms. The number of phenolic OH excluding ortho intramolecular Hbond substituents is 1. The third-order valence-corrected chi connectivity index (χ3v) is 9.83. The highest BCUT2D eigenvalue weighted by molar-refractivity contribution is 7.81. The van der Waals surface area contributed by atoms with Crippen molar-refractivity contribution in [3.63, 3.8) is 0 Å². The predicted octanol–water partition coefficient (Wildman–Crippen LogP) is 4.92. The number of hydrogen-bond donors (Lipinski definition) is 5. The van der Waals surface area contributed by atoms with Crippen LogP contribution in [0, 0.1) is 0 Å². The van der Waals surface area contributed by atoms with Crippen LogP contribution in [-0.2, 0) is 25.6 Å². The molecule has 6 aromatic carbocycles. The van der Waals surface area contributed by atoms with Crippen LogP contribution in [0.5, 0.6) is 23.0 Å². The van der Waals surface area contributed by atoms with E-state index in [0.717, 1.165) is 28.5 Å². The molecule has 0 aromatic heterocycles. The lowest BCUT2D eigenvalue weighted by Crippen LogP contribution is -2.29. The van der Waals surface area contributed by atoms with Crippen molar-refractivity contribution in [2.45, 2.75) is 19.8 Å². The first kappa shape index (κ1) is 48.5. The molecule has 0 spiro atoms. The Morgan fingerprint density at radius 1 is 0.508 bits per heavy atom. The Hall–Kier alpha value is -7.52. The summed E-state index contributed by atoms with van der Waals surface area (Å²) in [5.74, 6) is -0.949. The van der Waals surface area contributed by atoms with Crippen molar-refractivity contribution in [2.24, 2.45) is 0 Å². The topological polar surface area (TPSA) is 279 Å². The average molecular weight is 927 g/mol. The molecule has 6 rings (SSSR count). The van der Waals surface area contributed by atoms with Gasteiger partial charge in [-0.3, -0.25) is 19.2 Å². The van der Waals surface area contributed by atoms with Gasteiger partial charge in [-0.05, 0) is 137 Å². The van der Waals surface area contributed by atoms with Crippen LogP contribution >= 0.6 is 0 Å². The van der Waals surface area contributed by atoms with Crippen molar-refractivity contribution in [3.8, 4) is 23.0 Å². The fourth-order valence-electron chi connectivity index (χ4n) is 6.00. The summed E-state index contributed by atoms with van der Waals surface area (Å²) >= 11 is 0. The number of nitrogens with one attached hydrogen (secondary N) is 4. The molecule has 0 aliphatic carbocycles. The van der Waals surface area contributed by atoms with E-state index in [-0.39, 0.29) is 53.7 Å². The van der Waals surface area contributed by atoms with Gasteiger partial charge in [0.1, 0.15) is 23.0 Å². The van der Waals surface area contributed by atoms with Gasteiger partial charge in [0.05, 0.1) is 0 Å². The molecule has 3 amide bonds. The van der Waals surface area contributed by atoms with E-state index in [0.29, 0.717) is 47.2 Å². The van der Waals surface area contributed by atoms with Crippen molar-refractivity contribution in [3.05, 3.63) is 150 Å². The lowest BCUT2D eigenvalue weighted by molar-refractivity contribution is -0.131. The van der Waals surface area contributed by atoms with Crippen molar-refractivity contribution < 1.29 is 63.3 Å². The Labute approximate surface area is 374 Å². The second-order valence-corrected chi connectivity index (χ2v) is 15.9. The molecule has 65 heavy (non-hydrogen) atoms. The summed E-state index contributed by atoms with van der Waals surface area (Å²) in [6.45, 7) is 7.03. The summed E-state index contributed by atoms with van der Waals surface area (Å²) in [5, 5.41) is 23.8. The average Bonchev–Trinajstić information content (AvgIpc) is 3.25. The van der Waals surface area contributed by atoms with E-state index >= 15 is 0 Å². The van der Waals surface area contributed by atoms with E-state index in [2.05, 4.69) is 36.2 Å². The Balaban J connectivity index is 0.000000247. The van der Waals surface area contributed by atoms with Crippen molar-refractivity contribution in [2.75, 3.05) is 26.2 Å². The van der Waals surface area contributed by atoms with Crippen LogP contribution in [0.3, 0.4) is 0 Å². The minimum Gasteiger partial charge on any atom is -0.716 e. The van der Waals surface area contributed by atoms with Gasteiger partial charge in [-0.2, -0.15) is 0 Å². The highest BCUT2D eigenvalue weighted by Gasteiger charge is 2.11. The summed E-state index contributed by atoms with van der Waals surface area (Å²) in [7, 11) is -9.78. The van der Waals surface area contributed by atoms with E-state index in [1.807, 2.05) is 18.2 Å². The highest BCUT2D eigenvalue weighted by Crippen LogP contribution is 2.24. The molecule has 340 valence electrons. The molecule has 18 nitrogen and oxygen atoms in total. The molecule has 5 N–H and O–H groups in total. The maximum absolute atomic E-state index is 12.4. The van der Waals surface area contributed by atoms with Crippen LogP contribution in [0.4, 0.5) is 0 Å². The minimum absolute atomic E-state index is 0.133. The summed E-state index contributed by atoms with van der Waals surface area (Å²) in [5.41, 5.74) is 2.83. The number of fused-ring (bicyclic) bond motifs is 2. The van der Waals surface area contributed by atoms with Gasteiger partial charge in [-0.1, -0.05) is 30.8 Å². The molecule has 0 fully saturated rings. The maximum atomic E-state index is 12.4. The van der Waals surface area contributed by atoms with Gasteiger partial charge in [0, 0.05) is 55.5 Å². The third-order valence-electron chi connectivity index (χ3n) is 9.04. The zero-order chi connectivity index (χ0) is 47.1. The predicted molar refractivity (Wildman–Crippen MR) is 238 cm³/mol. The number of hydrogen-bond acceptors (Lipinski definition) is 15. The second-order valence-electron chi connectivity index (χ2n) is 14.0. The van der Waals surface area contributed by atoms with Crippen LogP contribution in [0.1, 0.15) is 56.4 Å². The Bertz CT molecular complexity index is 2930. The zero-order valence-corrected chi connectivity index (χ0v) is 36.2. The molecule has 0 aliphatic heterocycles. The van der Waals surface area contributed by atoms with Crippen LogP contribution < -0.4 is 34.4 Å². The van der Waals surface area contributed by atoms with Crippen molar-refractivity contribution >= 4 is 71.7 Å². The van der Waals surface area contributed by atoms with E-state index in [1.54, 1.807) is 54.6 Å². The quantitative estimate of drug-likeness (QED) is 0.0252. The Morgan fingerprint density at radius 3 is 1.37 bits per heavy atom. The number of aromatic hydroxyl groups is 1. The fourth-order valence-corrected chi connectivity index (χ4v) is 6.69. The molecule has 0 aliphatic rings. The number of esters is 1. The Morgan fingerprint density at radius 2 is 0.877 bits per heavy atom. The van der Waals surface area contributed by atoms with Crippen LogP contribution in [0.15, 0.2) is 128 Å². The smallest absolute Gasteiger partial charge is 0.308 e. The monoisotopic (exact) mass is 926 g/mol. The van der Waals surface area contributed by atoms with Crippen LogP contribution in [0.2, 0.25) is 0 Å². The molecule has 0 radical (unpaired) electrons. The first-order valence-corrected chi connectivity index (χ1v) is 22.2. The van der Waals surface area contributed by atoms with Gasteiger partial charge in [-0.15, -0.1) is 0 Å². The molecular formula is C45H42N4O14S2-2. The van der Waals surface area contributed by atoms with Gasteiger partial charge >= 0.3 is 5.97 Å². The van der Waals surface area contributed by atoms with E-state index in [9.17, 15) is 50.2 Å². The number of benzene rings is 6. The van der Waals surface area contributed by atoms with Crippen LogP contribution in [0.25, 0.3) is 27.2 Å². The van der Waals surface area contributed by atoms with Crippen molar-refractivity contribution in [1.29, 1.82) is 0 Å². The number of rotatable bonds is 18. The molecule has 0 saturated heterocycles. The SMILES string of the molecule is C=C(NCCCNC(=O)c1ccc2cc(OC(C)=O)ccc2c1)c1ccc(O)cc1.O=C(NCCCNC(=O)c1ccc2cc(OS(=O)(=O)[O-])ccc2c1)c1ccc(OS(=O)(=O)[O-])cc1. The summed E-state index contributed by atoms with van der Waals surface area (Å²) in [4.78, 5) is 48.0. The fraction of sp³-hybridized carbons (Fsp3) is 0.156. The molecule has 6 aromatic rings. The zero-order valence-electron chi connectivity index (χ0n) is 34.6. The first-order valence-electron chi connectivity index (χ1n) is 19.6. The van der Waals surface area contributed by atoms with Gasteiger partial charge in [0.2, 0.25) is 0 Å². The maximum Gasteiger partial charge on any atom is 0.308 e. The molecule has 0 unspecified atom stereocenters. The third kappa shape index (κ3) is 16.0. The number of phenols is 1. The summed E-state index contributed by atoms with van der Waals surface area (Å²) in [6, 6.07) is 31.3. The summed E-state index contributed by atoms with van der Waals surface area (Å²) < 4.78 is 77.3. The number of carbonyl (C=O) groups excluding carboxylic acids is 4. The Kier molecular flexibility index (Phi) is 16.6. The summed E-state index contributed by atoms with van der Waals surface area (Å²) in [6.07, 6.45) is 1.16. The van der Waals surface area contributed by atoms with E-state index in [4.69, 9.17) is 4.74 Å². The van der Waals surface area contributed by atoms with Gasteiger partial charge in [0.15, 0.2) is 0 Å². The second kappa shape index (κ2) is 22.2. The van der Waals surface area contributed by atoms with E-state index < -0.39 is 26.7 Å². The van der Waals surface area contributed by atoms with E-state index in [1.165, 1.54) is 55.5 Å². The van der Waals surface area contributed by atoms with Gasteiger partial charge < -0.3 is 48.6 Å². The normalized spacial score (nSPS) is 11.1. The van der Waals surface area contributed by atoms with Gasteiger partial charge in [0.25, 0.3) is 38.5 Å². The van der Waals surface area contributed by atoms with Crippen molar-refractivity contribution in [1.82, 2.24) is 21.3 Å². The lowest BCUT2D eigenvalue weighted by Gasteiger charge is -2.11. The number of amides is 3.